The van der Waals surface area contributed by atoms with Gasteiger partial charge in [-0.15, -0.1) is 13.2 Å². The number of carbonyl (C=O) groups excluding carboxylic acids is 2. The number of nitrogens with one attached hydrogen (secondary N) is 4. The second kappa shape index (κ2) is 19.6. The maximum absolute atomic E-state index is 12.9. The molecule has 2 fully saturated rings. The number of amides is 3. The second-order valence-electron chi connectivity index (χ2n) is 14.7. The van der Waals surface area contributed by atoms with Crippen molar-refractivity contribution in [3.63, 3.8) is 0 Å². The molecule has 22 heteroatoms. The van der Waals surface area contributed by atoms with E-state index in [9.17, 15) is 46.1 Å². The first-order valence-electron chi connectivity index (χ1n) is 19.6. The molecule has 7 N–H and O–H groups in total. The van der Waals surface area contributed by atoms with Gasteiger partial charge in [0.05, 0.1) is 18.4 Å². The average molecular weight is 888 g/mol. The van der Waals surface area contributed by atoms with Crippen molar-refractivity contribution in [3.05, 3.63) is 102 Å². The number of rotatable bonds is 12. The van der Waals surface area contributed by atoms with Gasteiger partial charge >= 0.3 is 24.5 Å². The minimum atomic E-state index is -5.08. The molecule has 0 radical (unpaired) electrons. The van der Waals surface area contributed by atoms with Gasteiger partial charge in [0.25, 0.3) is 0 Å². The molecule has 1 saturated carbocycles. The molecule has 5 atom stereocenters. The minimum Gasteiger partial charge on any atom is -0.475 e. The van der Waals surface area contributed by atoms with Crippen LogP contribution in [0.15, 0.2) is 91.3 Å². The van der Waals surface area contributed by atoms with E-state index in [0.29, 0.717) is 49.0 Å². The van der Waals surface area contributed by atoms with Crippen LogP contribution in [0.4, 0.5) is 48.6 Å². The summed E-state index contributed by atoms with van der Waals surface area (Å²) in [5, 5.41) is 41.1. The monoisotopic (exact) mass is 887 g/mol. The van der Waals surface area contributed by atoms with E-state index in [1.165, 1.54) is 12.1 Å². The van der Waals surface area contributed by atoms with Gasteiger partial charge in [0.15, 0.2) is 17.0 Å². The number of benzene rings is 3. The number of urea groups is 1. The maximum atomic E-state index is 12.9. The number of ether oxygens (including phenoxy) is 1. The van der Waals surface area contributed by atoms with Crippen molar-refractivity contribution >= 4 is 46.5 Å². The Bertz CT molecular complexity index is 2300. The fourth-order valence-corrected chi connectivity index (χ4v) is 7.30. The summed E-state index contributed by atoms with van der Waals surface area (Å²) in [7, 11) is 0. The van der Waals surface area contributed by atoms with E-state index in [-0.39, 0.29) is 36.4 Å². The molecule has 2 aromatic heterocycles. The van der Waals surface area contributed by atoms with Crippen LogP contribution >= 0.6 is 0 Å². The fraction of sp³-hybridized carbons (Fsp3) is 0.366. The van der Waals surface area contributed by atoms with Crippen LogP contribution in [0.3, 0.4) is 0 Å². The molecule has 3 amide bonds. The first-order valence-corrected chi connectivity index (χ1v) is 19.6. The molecule has 3 aromatic carbocycles. The van der Waals surface area contributed by atoms with E-state index >= 15 is 0 Å². The van der Waals surface area contributed by atoms with Gasteiger partial charge in [-0.2, -0.15) is 23.1 Å². The van der Waals surface area contributed by atoms with Crippen molar-refractivity contribution in [2.45, 2.75) is 75.0 Å². The van der Waals surface area contributed by atoms with E-state index in [1.807, 2.05) is 41.3 Å². The largest absolute Gasteiger partial charge is 0.573 e. The fourth-order valence-electron chi connectivity index (χ4n) is 7.30. The number of aromatic nitrogens is 4. The van der Waals surface area contributed by atoms with Crippen molar-refractivity contribution in [2.75, 3.05) is 35.2 Å². The van der Waals surface area contributed by atoms with Gasteiger partial charge in [-0.05, 0) is 48.2 Å². The van der Waals surface area contributed by atoms with Crippen LogP contribution in [0.5, 0.6) is 5.75 Å². The van der Waals surface area contributed by atoms with Crippen molar-refractivity contribution in [2.24, 2.45) is 0 Å². The highest BCUT2D eigenvalue weighted by molar-refractivity contribution is 5.89. The molecule has 0 bridgehead atoms. The Morgan fingerprint density at radius 2 is 1.49 bits per heavy atom. The third-order valence-electron chi connectivity index (χ3n) is 10.4. The lowest BCUT2D eigenvalue weighted by Gasteiger charge is -2.22. The number of halogens is 6. The number of carboxylic acid groups (broad SMARTS) is 1. The van der Waals surface area contributed by atoms with Crippen LogP contribution in [-0.2, 0) is 9.59 Å². The summed E-state index contributed by atoms with van der Waals surface area (Å²) >= 11 is 0. The number of carbonyl (C=O) groups is 3. The number of hydrogen-bond donors (Lipinski definition) is 7. The zero-order chi connectivity index (χ0) is 45.5. The molecule has 1 aliphatic carbocycles. The van der Waals surface area contributed by atoms with Gasteiger partial charge in [-0.25, -0.2) is 14.6 Å². The van der Waals surface area contributed by atoms with Crippen LogP contribution in [0.25, 0.3) is 11.2 Å². The highest BCUT2D eigenvalue weighted by atomic mass is 19.4. The van der Waals surface area contributed by atoms with E-state index in [2.05, 4.69) is 55.3 Å². The Morgan fingerprint density at radius 3 is 2.06 bits per heavy atom. The quantitative estimate of drug-likeness (QED) is 0.0767. The van der Waals surface area contributed by atoms with Crippen molar-refractivity contribution in [1.29, 1.82) is 0 Å². The normalized spacial score (nSPS) is 19.9. The molecule has 1 saturated heterocycles. The van der Waals surface area contributed by atoms with Crippen molar-refractivity contribution in [1.82, 2.24) is 30.2 Å². The third kappa shape index (κ3) is 11.8. The van der Waals surface area contributed by atoms with Gasteiger partial charge < -0.3 is 50.8 Å². The summed E-state index contributed by atoms with van der Waals surface area (Å²) in [6.45, 7) is 3.00. The number of alkyl halides is 6. The van der Waals surface area contributed by atoms with E-state index in [0.717, 1.165) is 23.3 Å². The van der Waals surface area contributed by atoms with Crippen molar-refractivity contribution < 1.29 is 60.8 Å². The highest BCUT2D eigenvalue weighted by Gasteiger charge is 2.44. The molecule has 63 heavy (non-hydrogen) atoms. The zero-order valence-corrected chi connectivity index (χ0v) is 33.3. The Morgan fingerprint density at radius 1 is 0.873 bits per heavy atom. The Balaban J connectivity index is 0.000000871. The first-order chi connectivity index (χ1) is 29.9. The number of carboxylic acids is 1. The summed E-state index contributed by atoms with van der Waals surface area (Å²) in [5.74, 6) is -2.64. The van der Waals surface area contributed by atoms with Crippen LogP contribution < -0.4 is 30.9 Å². The number of hydrogen-bond acceptors (Lipinski definition) is 11. The van der Waals surface area contributed by atoms with E-state index in [1.54, 1.807) is 17.8 Å². The number of nitrogens with zero attached hydrogens (tertiary/aromatic N) is 5. The topological polar surface area (TPSA) is 216 Å². The number of fused-ring (bicyclic) bond motifs is 1. The van der Waals surface area contributed by atoms with Crippen LogP contribution in [-0.4, -0.2) is 109 Å². The lowest BCUT2D eigenvalue weighted by atomic mass is 9.91. The third-order valence-corrected chi connectivity index (χ3v) is 10.4. The average Bonchev–Trinajstić information content (AvgIpc) is 3.96. The Kier molecular flexibility index (Phi) is 14.2. The summed E-state index contributed by atoms with van der Waals surface area (Å²) in [6.07, 6.45) is -9.73. The standard InChI is InChI=1S/C39H42F3N9O5.C2HF3O2/c1-2-31(52)47-29-19-30(34(54)33(29)53)51-22-44-32-35(43-20-28(23-9-5-3-6-10-23)24-11-7-4-8-12-24)48-37(49-36(32)51)50-18-17-26(21-50)46-38(55)45-25-13-15-27(16-14-25)56-39(40,41)42;3-2(4,5)1(6)7/h3-16,22,26,28-30,33-34,53-54H,2,17-21H2,1H3,(H,47,52)(H,43,48,49)(H2,45,46,55);(H,6,7)/t26-,29+,30-,33-,34+;/m1./s1. The van der Waals surface area contributed by atoms with E-state index in [4.69, 9.17) is 19.9 Å². The van der Waals surface area contributed by atoms with Gasteiger partial charge in [0, 0.05) is 43.7 Å². The number of aliphatic hydroxyl groups is 2. The minimum absolute atomic E-state index is 0.0464. The van der Waals surface area contributed by atoms with Gasteiger partial charge in [-0.1, -0.05) is 67.6 Å². The SMILES string of the molecule is CCC(=O)N[C@H]1C[C@@H](n2cnc3c(NCC(c4ccccc4)c4ccccc4)nc(N4CC[C@@H](NC(=O)Nc5ccc(OC(F)(F)F)cc5)C4)nc32)[C@H](O)[C@@H]1O.O=C(O)C(F)(F)F. The Hall–Kier alpha value is -6.68. The highest BCUT2D eigenvalue weighted by Crippen LogP contribution is 2.36. The lowest BCUT2D eigenvalue weighted by Crippen LogP contribution is -2.42. The molecule has 1 aliphatic heterocycles. The second-order valence-corrected chi connectivity index (χ2v) is 14.7. The number of anilines is 3. The first kappa shape index (κ1) is 45.8. The summed E-state index contributed by atoms with van der Waals surface area (Å²) < 4.78 is 75.0. The van der Waals surface area contributed by atoms with Crippen LogP contribution in [0, 0.1) is 0 Å². The molecule has 5 aromatic rings. The molecule has 2 aliphatic rings. The number of aliphatic carboxylic acids is 1. The van der Waals surface area contributed by atoms with Crippen LogP contribution in [0.1, 0.15) is 49.3 Å². The van der Waals surface area contributed by atoms with Gasteiger partial charge in [0.1, 0.15) is 18.0 Å². The molecule has 0 spiro atoms. The smallest absolute Gasteiger partial charge is 0.475 e. The lowest BCUT2D eigenvalue weighted by molar-refractivity contribution is -0.274. The Labute approximate surface area is 355 Å². The van der Waals surface area contributed by atoms with Gasteiger partial charge in [-0.3, -0.25) is 4.79 Å². The molecular formula is C41H43F6N9O7. The molecule has 336 valence electrons. The predicted molar refractivity (Wildman–Crippen MR) is 216 cm³/mol. The molecular weight excluding hydrogens is 844 g/mol. The molecule has 0 unspecified atom stereocenters. The van der Waals surface area contributed by atoms with Crippen molar-refractivity contribution in [3.8, 4) is 5.75 Å². The van der Waals surface area contributed by atoms with E-state index < -0.39 is 54.6 Å². The number of imidazole rings is 1. The predicted octanol–water partition coefficient (Wildman–Crippen LogP) is 5.56. The summed E-state index contributed by atoms with van der Waals surface area (Å²) in [6, 6.07) is 22.8. The molecule has 16 nitrogen and oxygen atoms in total. The summed E-state index contributed by atoms with van der Waals surface area (Å²) in [5.41, 5.74) is 3.35. The maximum Gasteiger partial charge on any atom is 0.573 e. The number of aliphatic hydroxyl groups excluding tert-OH is 2. The summed E-state index contributed by atoms with van der Waals surface area (Å²) in [4.78, 5) is 50.4. The van der Waals surface area contributed by atoms with Gasteiger partial charge in [0.2, 0.25) is 11.9 Å². The molecule has 3 heterocycles. The zero-order valence-electron chi connectivity index (χ0n) is 33.3. The molecule has 7 rings (SSSR count). The van der Waals surface area contributed by atoms with Crippen LogP contribution in [0.2, 0.25) is 0 Å².